The zero-order valence-electron chi connectivity index (χ0n) is 63.9. The lowest BCUT2D eigenvalue weighted by molar-refractivity contribution is -0.161. The Hall–Kier alpha value is -3.24. The first kappa shape index (κ1) is 96.8. The Morgan fingerprint density at radius 1 is 0.290 bits per heavy atom. The summed E-state index contributed by atoms with van der Waals surface area (Å²) in [6, 6.07) is 0. The number of carbonyl (C=O) groups excluding carboxylic acids is 4. The number of carbonyl (C=O) groups is 4. The number of unbranched alkanes of at least 4 members (excludes halogenated alkanes) is 41. The van der Waals surface area contributed by atoms with Crippen LogP contribution in [0.2, 0.25) is 0 Å². The number of hydrogen-bond acceptors (Lipinski definition) is 15. The zero-order valence-corrected chi connectivity index (χ0v) is 65.7. The molecule has 0 fully saturated rings. The number of ether oxygens (including phenoxy) is 4. The van der Waals surface area contributed by atoms with Gasteiger partial charge in [-0.15, -0.1) is 0 Å². The summed E-state index contributed by atoms with van der Waals surface area (Å²) < 4.78 is 68.6. The molecule has 100 heavy (non-hydrogen) atoms. The molecule has 584 valence electrons. The molecule has 0 saturated heterocycles. The molecule has 0 aromatic rings. The van der Waals surface area contributed by atoms with E-state index in [1.54, 1.807) is 0 Å². The minimum Gasteiger partial charge on any atom is -0.462 e. The zero-order chi connectivity index (χ0) is 73.2. The third-order valence-corrected chi connectivity index (χ3v) is 19.4. The van der Waals surface area contributed by atoms with Crippen molar-refractivity contribution in [3.8, 4) is 0 Å². The Balaban J connectivity index is 5.33. The minimum absolute atomic E-state index is 0.0906. The monoisotopic (exact) mass is 1460 g/mol. The Kier molecular flexibility index (Phi) is 71.6. The van der Waals surface area contributed by atoms with Gasteiger partial charge in [0, 0.05) is 25.7 Å². The van der Waals surface area contributed by atoms with E-state index in [1.165, 1.54) is 161 Å². The Morgan fingerprint density at radius 2 is 0.520 bits per heavy atom. The highest BCUT2D eigenvalue weighted by Gasteiger charge is 2.30. The maximum absolute atomic E-state index is 13.1. The molecule has 0 heterocycles. The minimum atomic E-state index is -4.97. The van der Waals surface area contributed by atoms with Gasteiger partial charge in [-0.05, 0) is 89.9 Å². The largest absolute Gasteiger partial charge is 0.472 e. The highest BCUT2D eigenvalue weighted by molar-refractivity contribution is 7.47. The molecular weight excluding hydrogens is 1310 g/mol. The SMILES string of the molecule is CC/C=C\C/C=C\C/C=C\C/C=C\CCCCCCC(=O)OCC(COP(=O)(O)OCC(O)COP(=O)(O)OCC(COC(=O)CCCCCCCCCCCCCCCCC)OC(=O)CCCCCCC/C=C\CCCCCC)OC(=O)CCCCCCCCCCCCCCCCC. The van der Waals surface area contributed by atoms with Crippen LogP contribution in [-0.2, 0) is 65.4 Å². The maximum atomic E-state index is 13.1. The molecule has 0 bridgehead atoms. The van der Waals surface area contributed by atoms with Crippen LogP contribution in [0.3, 0.4) is 0 Å². The fourth-order valence-corrected chi connectivity index (χ4v) is 12.9. The molecule has 0 rings (SSSR count). The molecule has 0 spiro atoms. The summed E-state index contributed by atoms with van der Waals surface area (Å²) in [5.41, 5.74) is 0. The van der Waals surface area contributed by atoms with Crippen molar-refractivity contribution in [2.75, 3.05) is 39.6 Å². The summed E-state index contributed by atoms with van der Waals surface area (Å²) in [7, 11) is -9.94. The van der Waals surface area contributed by atoms with Crippen LogP contribution >= 0.6 is 15.6 Å². The third kappa shape index (κ3) is 73.1. The molecule has 0 aromatic heterocycles. The molecule has 0 amide bonds. The van der Waals surface area contributed by atoms with Crippen molar-refractivity contribution in [1.82, 2.24) is 0 Å². The van der Waals surface area contributed by atoms with E-state index in [1.807, 2.05) is 0 Å². The van der Waals surface area contributed by atoms with E-state index >= 15 is 0 Å². The number of aliphatic hydroxyl groups excluding tert-OH is 1. The predicted molar refractivity (Wildman–Crippen MR) is 409 cm³/mol. The van der Waals surface area contributed by atoms with Crippen LogP contribution in [0.1, 0.15) is 374 Å². The molecule has 0 radical (unpaired) electrons. The van der Waals surface area contributed by atoms with Crippen molar-refractivity contribution in [3.05, 3.63) is 60.8 Å². The molecule has 0 aliphatic rings. The van der Waals surface area contributed by atoms with Gasteiger partial charge >= 0.3 is 39.5 Å². The first-order valence-electron chi connectivity index (χ1n) is 40.5. The molecule has 19 heteroatoms. The fraction of sp³-hybridized carbons (Fsp3) is 0.827. The number of phosphoric acid groups is 2. The van der Waals surface area contributed by atoms with Crippen molar-refractivity contribution in [2.24, 2.45) is 0 Å². The van der Waals surface area contributed by atoms with Gasteiger partial charge in [-0.25, -0.2) is 9.13 Å². The van der Waals surface area contributed by atoms with Crippen molar-refractivity contribution < 1.29 is 80.2 Å². The Bertz CT molecular complexity index is 2130. The lowest BCUT2D eigenvalue weighted by Gasteiger charge is -2.21. The van der Waals surface area contributed by atoms with Crippen LogP contribution in [0, 0.1) is 0 Å². The van der Waals surface area contributed by atoms with Gasteiger partial charge in [0.2, 0.25) is 0 Å². The van der Waals surface area contributed by atoms with Crippen molar-refractivity contribution in [1.29, 1.82) is 0 Å². The van der Waals surface area contributed by atoms with Crippen LogP contribution in [0.25, 0.3) is 0 Å². The van der Waals surface area contributed by atoms with Crippen LogP contribution in [-0.4, -0.2) is 96.7 Å². The first-order chi connectivity index (χ1) is 48.7. The van der Waals surface area contributed by atoms with E-state index in [9.17, 15) is 43.2 Å². The summed E-state index contributed by atoms with van der Waals surface area (Å²) in [5.74, 6) is -2.17. The van der Waals surface area contributed by atoms with Gasteiger partial charge in [-0.1, -0.05) is 320 Å². The Morgan fingerprint density at radius 3 is 0.820 bits per heavy atom. The average Bonchev–Trinajstić information content (AvgIpc) is 1.06. The van der Waals surface area contributed by atoms with Crippen LogP contribution in [0.15, 0.2) is 60.8 Å². The standard InChI is InChI=1S/C81H148O17P2/c1-5-9-13-17-21-25-29-33-36-37-40-43-46-50-54-58-62-66-79(84)92-72-77(98-81(86)68-64-60-56-52-48-44-39-35-31-27-23-19-15-11-7-3)74-96-100(89,90)94-70-75(82)69-93-99(87,88)95-73-76(97-80(85)67-63-59-55-51-47-41-32-28-24-20-16-12-8-4)71-91-78(83)65-61-57-53-49-45-42-38-34-30-26-22-18-14-10-6-2/h9,13,21,25,28,32-33,36,40,43,75-77,82H,5-8,10-12,14-20,22-24,26-27,29-31,34-35,37-39,41-42,44-74H2,1-4H3,(H,87,88)(H,89,90)/b13-9-,25-21-,32-28-,36-33-,43-40-. The number of aliphatic hydroxyl groups is 1. The Labute approximate surface area is 610 Å². The van der Waals surface area contributed by atoms with Crippen LogP contribution in [0.4, 0.5) is 0 Å². The van der Waals surface area contributed by atoms with Gasteiger partial charge in [0.05, 0.1) is 26.4 Å². The topological polar surface area (TPSA) is 237 Å². The van der Waals surface area contributed by atoms with Crippen molar-refractivity contribution in [3.63, 3.8) is 0 Å². The number of esters is 4. The molecule has 5 unspecified atom stereocenters. The van der Waals surface area contributed by atoms with E-state index in [2.05, 4.69) is 88.5 Å². The quantitative estimate of drug-likeness (QED) is 0.0169. The number of hydrogen-bond donors (Lipinski definition) is 3. The van der Waals surface area contributed by atoms with E-state index in [-0.39, 0.29) is 25.7 Å². The second-order valence-electron chi connectivity index (χ2n) is 27.3. The molecule has 0 aliphatic heterocycles. The van der Waals surface area contributed by atoms with Crippen LogP contribution in [0.5, 0.6) is 0 Å². The van der Waals surface area contributed by atoms with E-state index in [0.29, 0.717) is 25.7 Å². The van der Waals surface area contributed by atoms with Gasteiger partial charge in [-0.3, -0.25) is 37.3 Å². The lowest BCUT2D eigenvalue weighted by atomic mass is 10.0. The highest BCUT2D eigenvalue weighted by Crippen LogP contribution is 2.45. The second kappa shape index (κ2) is 74.0. The summed E-state index contributed by atoms with van der Waals surface area (Å²) in [5, 5.41) is 10.6. The van der Waals surface area contributed by atoms with E-state index in [0.717, 1.165) is 135 Å². The van der Waals surface area contributed by atoms with Gasteiger partial charge in [0.15, 0.2) is 12.2 Å². The van der Waals surface area contributed by atoms with E-state index in [4.69, 9.17) is 37.0 Å². The molecule has 0 saturated carbocycles. The van der Waals surface area contributed by atoms with Gasteiger partial charge < -0.3 is 33.8 Å². The third-order valence-electron chi connectivity index (χ3n) is 17.5. The molecule has 0 aromatic carbocycles. The maximum Gasteiger partial charge on any atom is 0.472 e. The first-order valence-corrected chi connectivity index (χ1v) is 43.5. The summed E-state index contributed by atoms with van der Waals surface area (Å²) in [6.45, 7) is 4.80. The lowest BCUT2D eigenvalue weighted by Crippen LogP contribution is -2.30. The average molecular weight is 1460 g/mol. The number of phosphoric ester groups is 2. The van der Waals surface area contributed by atoms with Crippen molar-refractivity contribution in [2.45, 2.75) is 393 Å². The normalized spacial score (nSPS) is 14.2. The summed E-state index contributed by atoms with van der Waals surface area (Å²) >= 11 is 0. The summed E-state index contributed by atoms with van der Waals surface area (Å²) in [4.78, 5) is 73.0. The molecule has 17 nitrogen and oxygen atoms in total. The van der Waals surface area contributed by atoms with Crippen molar-refractivity contribution >= 4 is 39.5 Å². The number of rotatable bonds is 77. The smallest absolute Gasteiger partial charge is 0.462 e. The molecule has 5 atom stereocenters. The predicted octanol–water partition coefficient (Wildman–Crippen LogP) is 23.5. The van der Waals surface area contributed by atoms with Gasteiger partial charge in [-0.2, -0.15) is 0 Å². The van der Waals surface area contributed by atoms with Gasteiger partial charge in [0.1, 0.15) is 19.3 Å². The van der Waals surface area contributed by atoms with Crippen LogP contribution < -0.4 is 0 Å². The number of allylic oxidation sites excluding steroid dienone is 10. The van der Waals surface area contributed by atoms with Gasteiger partial charge in [0.25, 0.3) is 0 Å². The van der Waals surface area contributed by atoms with E-state index < -0.39 is 97.5 Å². The highest BCUT2D eigenvalue weighted by atomic mass is 31.2. The second-order valence-corrected chi connectivity index (χ2v) is 30.3. The molecule has 3 N–H and O–H groups in total. The molecule has 0 aliphatic carbocycles. The molecular formula is C81H148O17P2. The fourth-order valence-electron chi connectivity index (χ4n) is 11.3. The summed E-state index contributed by atoms with van der Waals surface area (Å²) in [6.07, 6.45) is 73.3.